The van der Waals surface area contributed by atoms with Crippen molar-refractivity contribution < 1.29 is 14.3 Å². The quantitative estimate of drug-likeness (QED) is 0.844. The minimum atomic E-state index is -0.810. The van der Waals surface area contributed by atoms with Crippen LogP contribution in [0.15, 0.2) is 28.7 Å². The van der Waals surface area contributed by atoms with Gasteiger partial charge in [-0.3, -0.25) is 4.79 Å². The third-order valence-corrected chi connectivity index (χ3v) is 4.07. The lowest BCUT2D eigenvalue weighted by atomic mass is 9.90. The summed E-state index contributed by atoms with van der Waals surface area (Å²) in [5.74, 6) is 0.644. The lowest BCUT2D eigenvalue weighted by Gasteiger charge is -2.32. The summed E-state index contributed by atoms with van der Waals surface area (Å²) < 4.78 is 12.0. The first-order valence-electron chi connectivity index (χ1n) is 7.07. The Bertz CT molecular complexity index is 472. The van der Waals surface area contributed by atoms with Crippen LogP contribution >= 0.6 is 15.9 Å². The first-order valence-corrected chi connectivity index (χ1v) is 7.86. The maximum atomic E-state index is 12.2. The molecule has 116 valence electrons. The molecule has 1 aromatic carbocycles. The van der Waals surface area contributed by atoms with E-state index in [1.165, 1.54) is 0 Å². The van der Waals surface area contributed by atoms with Crippen molar-refractivity contribution in [3.63, 3.8) is 0 Å². The van der Waals surface area contributed by atoms with E-state index in [0.717, 1.165) is 10.2 Å². The molecular weight excluding hydrogens is 336 g/mol. The lowest BCUT2D eigenvalue weighted by Crippen LogP contribution is -2.57. The molecule has 0 aliphatic carbocycles. The number of hydrogen-bond donors (Lipinski definition) is 2. The standard InChI is InChI=1S/C15H21BrN2O3/c1-11(21-13-4-2-12(16)3-5-13)10-18-14(19)15(17)6-8-20-9-7-15/h2-5,11H,6-10,17H2,1H3,(H,18,19). The van der Waals surface area contributed by atoms with Crippen molar-refractivity contribution >= 4 is 21.8 Å². The van der Waals surface area contributed by atoms with Gasteiger partial charge in [-0.25, -0.2) is 0 Å². The highest BCUT2D eigenvalue weighted by Crippen LogP contribution is 2.19. The van der Waals surface area contributed by atoms with Gasteiger partial charge in [-0.1, -0.05) is 15.9 Å². The number of hydrogen-bond acceptors (Lipinski definition) is 4. The zero-order valence-electron chi connectivity index (χ0n) is 12.1. The van der Waals surface area contributed by atoms with E-state index in [-0.39, 0.29) is 12.0 Å². The average molecular weight is 357 g/mol. The van der Waals surface area contributed by atoms with Crippen molar-refractivity contribution in [2.75, 3.05) is 19.8 Å². The molecule has 1 aromatic rings. The van der Waals surface area contributed by atoms with Crippen molar-refractivity contribution in [2.45, 2.75) is 31.4 Å². The number of nitrogens with one attached hydrogen (secondary N) is 1. The zero-order valence-corrected chi connectivity index (χ0v) is 13.7. The molecule has 0 spiro atoms. The van der Waals surface area contributed by atoms with E-state index in [9.17, 15) is 4.79 Å². The summed E-state index contributed by atoms with van der Waals surface area (Å²) in [6.45, 7) is 3.41. The number of rotatable bonds is 5. The van der Waals surface area contributed by atoms with Gasteiger partial charge >= 0.3 is 0 Å². The molecule has 1 aliphatic rings. The zero-order chi connectivity index (χ0) is 15.3. The Kier molecular flexibility index (Phi) is 5.61. The van der Waals surface area contributed by atoms with Crippen molar-refractivity contribution in [1.82, 2.24) is 5.32 Å². The second kappa shape index (κ2) is 7.24. The molecule has 1 aliphatic heterocycles. The molecule has 0 aromatic heterocycles. The molecule has 21 heavy (non-hydrogen) atoms. The highest BCUT2D eigenvalue weighted by Gasteiger charge is 2.35. The number of ether oxygens (including phenoxy) is 2. The van der Waals surface area contributed by atoms with Gasteiger partial charge < -0.3 is 20.5 Å². The normalized spacial score (nSPS) is 18.8. The molecule has 6 heteroatoms. The second-order valence-corrected chi connectivity index (χ2v) is 6.28. The molecule has 1 atom stereocenters. The van der Waals surface area contributed by atoms with E-state index in [1.807, 2.05) is 31.2 Å². The van der Waals surface area contributed by atoms with E-state index >= 15 is 0 Å². The summed E-state index contributed by atoms with van der Waals surface area (Å²) in [6.07, 6.45) is 0.986. The third-order valence-electron chi connectivity index (χ3n) is 3.54. The van der Waals surface area contributed by atoms with Crippen molar-refractivity contribution in [3.8, 4) is 5.75 Å². The van der Waals surface area contributed by atoms with Crippen LogP contribution in [0, 0.1) is 0 Å². The van der Waals surface area contributed by atoms with Gasteiger partial charge in [-0.05, 0) is 44.0 Å². The maximum absolute atomic E-state index is 12.2. The molecule has 1 amide bonds. The molecule has 0 radical (unpaired) electrons. The summed E-state index contributed by atoms with van der Waals surface area (Å²) in [6, 6.07) is 7.59. The Labute approximate surface area is 133 Å². The molecular formula is C15H21BrN2O3. The van der Waals surface area contributed by atoms with Crippen LogP contribution in [0.3, 0.4) is 0 Å². The summed E-state index contributed by atoms with van der Waals surface area (Å²) in [5, 5.41) is 2.87. The maximum Gasteiger partial charge on any atom is 0.240 e. The van der Waals surface area contributed by atoms with Crippen molar-refractivity contribution in [3.05, 3.63) is 28.7 Å². The third kappa shape index (κ3) is 4.69. The minimum Gasteiger partial charge on any atom is -0.489 e. The number of carbonyl (C=O) groups excluding carboxylic acids is 1. The Morgan fingerprint density at radius 1 is 1.43 bits per heavy atom. The van der Waals surface area contributed by atoms with Gasteiger partial charge in [-0.15, -0.1) is 0 Å². The molecule has 0 saturated carbocycles. The van der Waals surface area contributed by atoms with E-state index in [0.29, 0.717) is 32.6 Å². The molecule has 0 bridgehead atoms. The smallest absolute Gasteiger partial charge is 0.240 e. The summed E-state index contributed by atoms with van der Waals surface area (Å²) >= 11 is 3.37. The predicted molar refractivity (Wildman–Crippen MR) is 84.2 cm³/mol. The van der Waals surface area contributed by atoms with Crippen LogP contribution in [-0.2, 0) is 9.53 Å². The van der Waals surface area contributed by atoms with Crippen molar-refractivity contribution in [2.24, 2.45) is 5.73 Å². The first-order chi connectivity index (χ1) is 9.99. The van der Waals surface area contributed by atoms with Gasteiger partial charge in [0.2, 0.25) is 5.91 Å². The number of amides is 1. The summed E-state index contributed by atoms with van der Waals surface area (Å²) in [5.41, 5.74) is 5.31. The van der Waals surface area contributed by atoms with E-state index in [4.69, 9.17) is 15.2 Å². The van der Waals surface area contributed by atoms with Gasteiger partial charge in [0, 0.05) is 17.7 Å². The van der Waals surface area contributed by atoms with Crippen LogP contribution in [0.1, 0.15) is 19.8 Å². The monoisotopic (exact) mass is 356 g/mol. The number of halogens is 1. The molecule has 1 unspecified atom stereocenters. The fraction of sp³-hybridized carbons (Fsp3) is 0.533. The second-order valence-electron chi connectivity index (χ2n) is 5.36. The molecule has 2 rings (SSSR count). The largest absolute Gasteiger partial charge is 0.489 e. The van der Waals surface area contributed by atoms with Crippen LogP contribution in [0.25, 0.3) is 0 Å². The Balaban J connectivity index is 1.79. The predicted octanol–water partition coefficient (Wildman–Crippen LogP) is 1.84. The van der Waals surface area contributed by atoms with Crippen molar-refractivity contribution in [1.29, 1.82) is 0 Å². The van der Waals surface area contributed by atoms with E-state index in [1.54, 1.807) is 0 Å². The van der Waals surface area contributed by atoms with Gasteiger partial charge in [0.1, 0.15) is 11.9 Å². The first kappa shape index (κ1) is 16.3. The number of carbonyl (C=O) groups is 1. The van der Waals surface area contributed by atoms with Gasteiger partial charge in [0.05, 0.1) is 12.1 Å². The van der Waals surface area contributed by atoms with Gasteiger partial charge in [0.15, 0.2) is 0 Å². The highest BCUT2D eigenvalue weighted by atomic mass is 79.9. The lowest BCUT2D eigenvalue weighted by molar-refractivity contribution is -0.130. The van der Waals surface area contributed by atoms with E-state index in [2.05, 4.69) is 21.2 Å². The van der Waals surface area contributed by atoms with Crippen LogP contribution in [0.2, 0.25) is 0 Å². The number of nitrogens with two attached hydrogens (primary N) is 1. The Morgan fingerprint density at radius 2 is 2.05 bits per heavy atom. The Hall–Kier alpha value is -1.11. The van der Waals surface area contributed by atoms with Crippen LogP contribution in [0.4, 0.5) is 0 Å². The summed E-state index contributed by atoms with van der Waals surface area (Å²) in [7, 11) is 0. The molecule has 5 nitrogen and oxygen atoms in total. The summed E-state index contributed by atoms with van der Waals surface area (Å²) in [4.78, 5) is 12.2. The van der Waals surface area contributed by atoms with Crippen LogP contribution in [0.5, 0.6) is 5.75 Å². The van der Waals surface area contributed by atoms with Gasteiger partial charge in [0.25, 0.3) is 0 Å². The molecule has 1 heterocycles. The molecule has 1 saturated heterocycles. The minimum absolute atomic E-state index is 0.126. The number of benzene rings is 1. The fourth-order valence-electron chi connectivity index (χ4n) is 2.16. The SMILES string of the molecule is CC(CNC(=O)C1(N)CCOCC1)Oc1ccc(Br)cc1. The molecule has 1 fully saturated rings. The van der Waals surface area contributed by atoms with Crippen LogP contribution < -0.4 is 15.8 Å². The topological polar surface area (TPSA) is 73.6 Å². The highest BCUT2D eigenvalue weighted by molar-refractivity contribution is 9.10. The fourth-order valence-corrected chi connectivity index (χ4v) is 2.43. The average Bonchev–Trinajstić information content (AvgIpc) is 2.48. The Morgan fingerprint density at radius 3 is 2.67 bits per heavy atom. The van der Waals surface area contributed by atoms with Crippen LogP contribution in [-0.4, -0.2) is 37.3 Å². The van der Waals surface area contributed by atoms with E-state index < -0.39 is 5.54 Å². The van der Waals surface area contributed by atoms with Gasteiger partial charge in [-0.2, -0.15) is 0 Å². The molecule has 3 N–H and O–H groups in total.